The number of nitriles is 1. The van der Waals surface area contributed by atoms with Gasteiger partial charge in [0, 0.05) is 5.69 Å². The molecule has 0 saturated carbocycles. The minimum absolute atomic E-state index is 0.195. The van der Waals surface area contributed by atoms with E-state index >= 15 is 0 Å². The normalized spacial score (nSPS) is 10.2. The zero-order chi connectivity index (χ0) is 15.8. The molecule has 2 aromatic rings. The number of nitrogens with zero attached hydrogens (tertiary/aromatic N) is 2. The zero-order valence-corrected chi connectivity index (χ0v) is 12.1. The molecule has 110 valence electrons. The Morgan fingerprint density at radius 2 is 2.09 bits per heavy atom. The molecule has 0 heterocycles. The second-order valence-electron chi connectivity index (χ2n) is 4.66. The van der Waals surface area contributed by atoms with E-state index in [-0.39, 0.29) is 12.5 Å². The lowest BCUT2D eigenvalue weighted by Gasteiger charge is -2.04. The zero-order valence-electron chi connectivity index (χ0n) is 12.1. The number of anilines is 1. The number of carbonyl (C=O) groups excluding carboxylic acids is 1. The first-order valence-electron chi connectivity index (χ1n) is 6.69. The van der Waals surface area contributed by atoms with Crippen molar-refractivity contribution in [3.8, 4) is 6.07 Å². The van der Waals surface area contributed by atoms with Gasteiger partial charge in [0.2, 0.25) is 0 Å². The molecule has 0 atom stereocenters. The van der Waals surface area contributed by atoms with Crippen molar-refractivity contribution in [3.05, 3.63) is 65.2 Å². The Morgan fingerprint density at radius 1 is 1.32 bits per heavy atom. The van der Waals surface area contributed by atoms with E-state index < -0.39 is 0 Å². The van der Waals surface area contributed by atoms with Gasteiger partial charge in [-0.2, -0.15) is 5.26 Å². The van der Waals surface area contributed by atoms with Crippen molar-refractivity contribution in [1.29, 1.82) is 5.26 Å². The topological polar surface area (TPSA) is 74.5 Å². The van der Waals surface area contributed by atoms with E-state index in [0.29, 0.717) is 11.3 Å². The van der Waals surface area contributed by atoms with Crippen molar-refractivity contribution < 1.29 is 9.63 Å². The van der Waals surface area contributed by atoms with E-state index in [0.717, 1.165) is 11.1 Å². The molecule has 0 fully saturated rings. The van der Waals surface area contributed by atoms with Gasteiger partial charge in [0.15, 0.2) is 6.61 Å². The van der Waals surface area contributed by atoms with Crippen LogP contribution in [0.4, 0.5) is 5.69 Å². The SMILES string of the molecule is Cc1ccc(/C=N\OCC(=O)Nc2cccc(C#N)c2)cc1. The fraction of sp³-hybridized carbons (Fsp3) is 0.118. The molecule has 0 aliphatic carbocycles. The Balaban J connectivity index is 1.80. The monoisotopic (exact) mass is 293 g/mol. The van der Waals surface area contributed by atoms with Crippen LogP contribution >= 0.6 is 0 Å². The van der Waals surface area contributed by atoms with Crippen molar-refractivity contribution in [2.24, 2.45) is 5.16 Å². The van der Waals surface area contributed by atoms with Crippen LogP contribution in [0.25, 0.3) is 0 Å². The maximum absolute atomic E-state index is 11.7. The molecular formula is C17H15N3O2. The summed E-state index contributed by atoms with van der Waals surface area (Å²) < 4.78 is 0. The van der Waals surface area contributed by atoms with E-state index in [2.05, 4.69) is 10.5 Å². The van der Waals surface area contributed by atoms with E-state index in [1.807, 2.05) is 37.3 Å². The van der Waals surface area contributed by atoms with Gasteiger partial charge in [0.1, 0.15) is 0 Å². The lowest BCUT2D eigenvalue weighted by atomic mass is 10.2. The third-order valence-electron chi connectivity index (χ3n) is 2.82. The molecule has 1 N–H and O–H groups in total. The fourth-order valence-corrected chi connectivity index (χ4v) is 1.71. The predicted octanol–water partition coefficient (Wildman–Crippen LogP) is 2.86. The molecule has 2 rings (SSSR count). The van der Waals surface area contributed by atoms with Crippen LogP contribution in [0.1, 0.15) is 16.7 Å². The quantitative estimate of drug-likeness (QED) is 0.680. The second-order valence-corrected chi connectivity index (χ2v) is 4.66. The average Bonchev–Trinajstić information content (AvgIpc) is 2.53. The molecule has 0 bridgehead atoms. The van der Waals surface area contributed by atoms with Crippen LogP contribution in [0.5, 0.6) is 0 Å². The molecule has 0 radical (unpaired) electrons. The highest BCUT2D eigenvalue weighted by Crippen LogP contribution is 2.09. The minimum Gasteiger partial charge on any atom is -0.386 e. The molecule has 22 heavy (non-hydrogen) atoms. The van der Waals surface area contributed by atoms with Crippen molar-refractivity contribution >= 4 is 17.8 Å². The van der Waals surface area contributed by atoms with Crippen LogP contribution in [-0.2, 0) is 9.63 Å². The number of rotatable bonds is 5. The second kappa shape index (κ2) is 7.60. The molecule has 0 aliphatic heterocycles. The van der Waals surface area contributed by atoms with Crippen LogP contribution in [0.15, 0.2) is 53.7 Å². The summed E-state index contributed by atoms with van der Waals surface area (Å²) in [6.07, 6.45) is 1.54. The van der Waals surface area contributed by atoms with Gasteiger partial charge in [-0.3, -0.25) is 4.79 Å². The minimum atomic E-state index is -0.337. The van der Waals surface area contributed by atoms with E-state index in [1.54, 1.807) is 30.5 Å². The van der Waals surface area contributed by atoms with Gasteiger partial charge < -0.3 is 10.2 Å². The molecule has 0 spiro atoms. The Bertz CT molecular complexity index is 715. The van der Waals surface area contributed by atoms with Crippen LogP contribution < -0.4 is 5.32 Å². The first kappa shape index (κ1) is 15.3. The summed E-state index contributed by atoms with van der Waals surface area (Å²) in [6.45, 7) is 1.81. The van der Waals surface area contributed by atoms with Crippen LogP contribution in [0, 0.1) is 18.3 Å². The maximum atomic E-state index is 11.7. The average molecular weight is 293 g/mol. The van der Waals surface area contributed by atoms with E-state index in [9.17, 15) is 4.79 Å². The Kier molecular flexibility index (Phi) is 5.27. The van der Waals surface area contributed by atoms with Gasteiger partial charge in [0.05, 0.1) is 17.8 Å². The molecule has 5 nitrogen and oxygen atoms in total. The van der Waals surface area contributed by atoms with E-state index in [4.69, 9.17) is 10.1 Å². The third kappa shape index (κ3) is 4.76. The summed E-state index contributed by atoms with van der Waals surface area (Å²) in [5.41, 5.74) is 3.09. The highest BCUT2D eigenvalue weighted by molar-refractivity contribution is 5.91. The number of hydrogen-bond donors (Lipinski definition) is 1. The molecule has 2 aromatic carbocycles. The van der Waals surface area contributed by atoms with Gasteiger partial charge in [-0.25, -0.2) is 0 Å². The summed E-state index contributed by atoms with van der Waals surface area (Å²) >= 11 is 0. The molecule has 0 aliphatic rings. The number of carbonyl (C=O) groups is 1. The summed E-state index contributed by atoms with van der Waals surface area (Å²) in [7, 11) is 0. The smallest absolute Gasteiger partial charge is 0.265 e. The lowest BCUT2D eigenvalue weighted by molar-refractivity contribution is -0.120. The molecule has 5 heteroatoms. The van der Waals surface area contributed by atoms with Crippen LogP contribution in [-0.4, -0.2) is 18.7 Å². The molecule has 0 aromatic heterocycles. The summed E-state index contributed by atoms with van der Waals surface area (Å²) in [5, 5.41) is 15.2. The number of amides is 1. The van der Waals surface area contributed by atoms with Crippen LogP contribution in [0.2, 0.25) is 0 Å². The maximum Gasteiger partial charge on any atom is 0.265 e. The standard InChI is InChI=1S/C17H15N3O2/c1-13-5-7-14(8-6-13)11-19-22-12-17(21)20-16-4-2-3-15(9-16)10-18/h2-9,11H,12H2,1H3,(H,20,21)/b19-11-. The number of aryl methyl sites for hydroxylation is 1. The first-order valence-corrected chi connectivity index (χ1v) is 6.69. The number of hydrogen-bond acceptors (Lipinski definition) is 4. The summed E-state index contributed by atoms with van der Waals surface area (Å²) in [4.78, 5) is 16.6. The van der Waals surface area contributed by atoms with Crippen molar-refractivity contribution in [3.63, 3.8) is 0 Å². The van der Waals surface area contributed by atoms with E-state index in [1.165, 1.54) is 0 Å². The number of nitrogens with one attached hydrogen (secondary N) is 1. The van der Waals surface area contributed by atoms with Gasteiger partial charge in [-0.05, 0) is 30.7 Å². The van der Waals surface area contributed by atoms with Crippen LogP contribution in [0.3, 0.4) is 0 Å². The number of benzene rings is 2. The third-order valence-corrected chi connectivity index (χ3v) is 2.82. The summed E-state index contributed by atoms with van der Waals surface area (Å²) in [5.74, 6) is -0.337. The predicted molar refractivity (Wildman–Crippen MR) is 84.5 cm³/mol. The first-order chi connectivity index (χ1) is 10.7. The fourth-order valence-electron chi connectivity index (χ4n) is 1.71. The van der Waals surface area contributed by atoms with Crippen molar-refractivity contribution in [2.75, 3.05) is 11.9 Å². The van der Waals surface area contributed by atoms with Gasteiger partial charge in [-0.1, -0.05) is 41.1 Å². The van der Waals surface area contributed by atoms with Crippen molar-refractivity contribution in [1.82, 2.24) is 0 Å². The van der Waals surface area contributed by atoms with Gasteiger partial charge >= 0.3 is 0 Å². The van der Waals surface area contributed by atoms with Gasteiger partial charge in [0.25, 0.3) is 5.91 Å². The molecule has 1 amide bonds. The largest absolute Gasteiger partial charge is 0.386 e. The highest BCUT2D eigenvalue weighted by Gasteiger charge is 2.03. The highest BCUT2D eigenvalue weighted by atomic mass is 16.6. The lowest BCUT2D eigenvalue weighted by Crippen LogP contribution is -2.17. The van der Waals surface area contributed by atoms with Gasteiger partial charge in [-0.15, -0.1) is 0 Å². The Morgan fingerprint density at radius 3 is 2.82 bits per heavy atom. The number of oxime groups is 1. The molecule has 0 unspecified atom stereocenters. The van der Waals surface area contributed by atoms with Crippen molar-refractivity contribution in [2.45, 2.75) is 6.92 Å². The Labute approximate surface area is 128 Å². The Hall–Kier alpha value is -3.13. The summed E-state index contributed by atoms with van der Waals surface area (Å²) in [6, 6.07) is 16.4. The molecular weight excluding hydrogens is 278 g/mol. The molecule has 0 saturated heterocycles.